The number of anilines is 1. The Balaban J connectivity index is 1.33. The number of nitrogens with one attached hydrogen (secondary N) is 2. The Labute approximate surface area is 187 Å². The lowest BCUT2D eigenvalue weighted by Gasteiger charge is -2.54. The van der Waals surface area contributed by atoms with E-state index in [2.05, 4.69) is 22.8 Å². The minimum Gasteiger partial charge on any atom is -0.462 e. The second-order valence-corrected chi connectivity index (χ2v) is 10.5. The van der Waals surface area contributed by atoms with E-state index >= 15 is 0 Å². The molecule has 2 aromatic rings. The molecule has 4 aliphatic carbocycles. The van der Waals surface area contributed by atoms with Crippen LogP contribution < -0.4 is 10.6 Å². The standard InChI is InChI=1S/C24H28N2O2S2/c1-2-28-23(27)19-13-20(16-6-4-3-5-7-16)30-22(19)26-24(29)25-21-17-9-14-8-15(11-17)12-18(21)10-14/h3-7,13-15,17-18,21H,2,8-12H2,1H3,(H2,25,26,29). The molecule has 0 spiro atoms. The first-order valence-electron chi connectivity index (χ1n) is 11.0. The van der Waals surface area contributed by atoms with Gasteiger partial charge in [0.15, 0.2) is 5.11 Å². The Morgan fingerprint density at radius 1 is 1.10 bits per heavy atom. The van der Waals surface area contributed by atoms with Gasteiger partial charge in [0.05, 0.1) is 12.2 Å². The quantitative estimate of drug-likeness (QED) is 0.461. The zero-order chi connectivity index (χ0) is 20.7. The van der Waals surface area contributed by atoms with Gasteiger partial charge in [0.25, 0.3) is 0 Å². The molecule has 30 heavy (non-hydrogen) atoms. The number of benzene rings is 1. The number of hydrogen-bond donors (Lipinski definition) is 2. The normalized spacial score (nSPS) is 28.9. The first kappa shape index (κ1) is 20.0. The Kier molecular flexibility index (Phi) is 5.54. The van der Waals surface area contributed by atoms with Crippen molar-refractivity contribution in [2.75, 3.05) is 11.9 Å². The molecule has 0 unspecified atom stereocenters. The van der Waals surface area contributed by atoms with Crippen LogP contribution >= 0.6 is 23.6 Å². The fourth-order valence-electron chi connectivity index (χ4n) is 6.04. The minimum absolute atomic E-state index is 0.309. The molecule has 2 N–H and O–H groups in total. The highest BCUT2D eigenvalue weighted by atomic mass is 32.1. The average Bonchev–Trinajstić information content (AvgIpc) is 3.15. The molecule has 4 nitrogen and oxygen atoms in total. The lowest BCUT2D eigenvalue weighted by molar-refractivity contribution is -0.00665. The zero-order valence-electron chi connectivity index (χ0n) is 17.2. The van der Waals surface area contributed by atoms with Gasteiger partial charge in [-0.15, -0.1) is 11.3 Å². The van der Waals surface area contributed by atoms with Crippen molar-refractivity contribution in [3.8, 4) is 10.4 Å². The average molecular weight is 441 g/mol. The van der Waals surface area contributed by atoms with Gasteiger partial charge in [-0.2, -0.15) is 0 Å². The van der Waals surface area contributed by atoms with E-state index in [0.29, 0.717) is 23.3 Å². The molecule has 4 bridgehead atoms. The van der Waals surface area contributed by atoms with E-state index in [1.165, 1.54) is 32.1 Å². The second kappa shape index (κ2) is 8.31. The van der Waals surface area contributed by atoms with Gasteiger partial charge in [-0.1, -0.05) is 30.3 Å². The third-order valence-electron chi connectivity index (χ3n) is 7.04. The smallest absolute Gasteiger partial charge is 0.341 e. The molecule has 6 heteroatoms. The summed E-state index contributed by atoms with van der Waals surface area (Å²) in [7, 11) is 0. The number of thiocarbonyl (C=S) groups is 1. The summed E-state index contributed by atoms with van der Waals surface area (Å²) < 4.78 is 5.29. The van der Waals surface area contributed by atoms with E-state index in [1.54, 1.807) is 11.3 Å². The van der Waals surface area contributed by atoms with Crippen LogP contribution in [0.4, 0.5) is 5.00 Å². The van der Waals surface area contributed by atoms with Crippen molar-refractivity contribution in [3.63, 3.8) is 0 Å². The molecule has 4 saturated carbocycles. The van der Waals surface area contributed by atoms with Crippen LogP contribution in [0.15, 0.2) is 36.4 Å². The van der Waals surface area contributed by atoms with E-state index in [9.17, 15) is 4.79 Å². The van der Waals surface area contributed by atoms with Crippen LogP contribution in [0.25, 0.3) is 10.4 Å². The van der Waals surface area contributed by atoms with Crippen molar-refractivity contribution in [3.05, 3.63) is 42.0 Å². The summed E-state index contributed by atoms with van der Waals surface area (Å²) in [6, 6.07) is 12.5. The van der Waals surface area contributed by atoms with Crippen molar-refractivity contribution in [2.24, 2.45) is 23.7 Å². The summed E-state index contributed by atoms with van der Waals surface area (Å²) in [6.45, 7) is 2.18. The van der Waals surface area contributed by atoms with Crippen LogP contribution in [0.3, 0.4) is 0 Å². The number of carbonyl (C=O) groups excluding carboxylic acids is 1. The fourth-order valence-corrected chi connectivity index (χ4v) is 7.40. The van der Waals surface area contributed by atoms with Gasteiger partial charge >= 0.3 is 5.97 Å². The molecule has 1 aromatic heterocycles. The molecular formula is C24H28N2O2S2. The van der Waals surface area contributed by atoms with Crippen LogP contribution in [0.2, 0.25) is 0 Å². The largest absolute Gasteiger partial charge is 0.462 e. The van der Waals surface area contributed by atoms with E-state index in [4.69, 9.17) is 17.0 Å². The molecular weight excluding hydrogens is 412 g/mol. The number of hydrogen-bond acceptors (Lipinski definition) is 4. The summed E-state index contributed by atoms with van der Waals surface area (Å²) in [5, 5.41) is 8.35. The highest BCUT2D eigenvalue weighted by molar-refractivity contribution is 7.80. The molecule has 0 amide bonds. The van der Waals surface area contributed by atoms with Gasteiger partial charge in [-0.3, -0.25) is 0 Å². The Bertz CT molecular complexity index is 912. The number of carbonyl (C=O) groups is 1. The molecule has 158 valence electrons. The third-order valence-corrected chi connectivity index (χ3v) is 8.36. The van der Waals surface area contributed by atoms with Gasteiger partial charge in [-0.25, -0.2) is 4.79 Å². The van der Waals surface area contributed by atoms with Crippen LogP contribution in [0.5, 0.6) is 0 Å². The summed E-state index contributed by atoms with van der Waals surface area (Å²) in [5.41, 5.74) is 1.64. The Hall–Kier alpha value is -1.92. The molecule has 0 saturated heterocycles. The van der Waals surface area contributed by atoms with Crippen molar-refractivity contribution < 1.29 is 9.53 Å². The number of ether oxygens (including phenoxy) is 1. The predicted molar refractivity (Wildman–Crippen MR) is 126 cm³/mol. The summed E-state index contributed by atoms with van der Waals surface area (Å²) in [4.78, 5) is 13.6. The van der Waals surface area contributed by atoms with E-state index in [0.717, 1.165) is 39.1 Å². The van der Waals surface area contributed by atoms with Crippen LogP contribution in [0, 0.1) is 23.7 Å². The van der Waals surface area contributed by atoms with Crippen molar-refractivity contribution in [2.45, 2.75) is 45.1 Å². The predicted octanol–water partition coefficient (Wildman–Crippen LogP) is 5.70. The van der Waals surface area contributed by atoms with Crippen molar-refractivity contribution in [1.29, 1.82) is 0 Å². The first-order chi connectivity index (χ1) is 14.6. The highest BCUT2D eigenvalue weighted by Gasteiger charge is 2.48. The SMILES string of the molecule is CCOC(=O)c1cc(-c2ccccc2)sc1NC(=S)NC1C2CC3CC(C2)CC1C3. The van der Waals surface area contributed by atoms with Crippen LogP contribution in [0.1, 0.15) is 49.4 Å². The monoisotopic (exact) mass is 440 g/mol. The van der Waals surface area contributed by atoms with Gasteiger partial charge in [0.1, 0.15) is 5.00 Å². The molecule has 1 heterocycles. The number of esters is 1. The maximum absolute atomic E-state index is 12.6. The van der Waals surface area contributed by atoms with Crippen LogP contribution in [-0.4, -0.2) is 23.7 Å². The number of thiophene rings is 1. The third kappa shape index (κ3) is 3.87. The lowest BCUT2D eigenvalue weighted by Crippen LogP contribution is -2.56. The number of rotatable bonds is 5. The Morgan fingerprint density at radius 2 is 1.77 bits per heavy atom. The lowest BCUT2D eigenvalue weighted by atomic mass is 9.54. The van der Waals surface area contributed by atoms with Gasteiger partial charge in [-0.05, 0) is 86.5 Å². The molecule has 1 aromatic carbocycles. The molecule has 0 radical (unpaired) electrons. The molecule has 0 atom stereocenters. The van der Waals surface area contributed by atoms with E-state index < -0.39 is 0 Å². The maximum atomic E-state index is 12.6. The molecule has 4 aliphatic rings. The first-order valence-corrected chi connectivity index (χ1v) is 12.3. The van der Waals surface area contributed by atoms with E-state index in [-0.39, 0.29) is 5.97 Å². The molecule has 6 rings (SSSR count). The van der Waals surface area contributed by atoms with Crippen LogP contribution in [-0.2, 0) is 4.74 Å². The second-order valence-electron chi connectivity index (χ2n) is 8.99. The summed E-state index contributed by atoms with van der Waals surface area (Å²) in [5.74, 6) is 3.06. The van der Waals surface area contributed by atoms with Crippen molar-refractivity contribution >= 4 is 39.6 Å². The summed E-state index contributed by atoms with van der Waals surface area (Å²) in [6.07, 6.45) is 6.83. The van der Waals surface area contributed by atoms with E-state index in [1.807, 2.05) is 31.2 Å². The van der Waals surface area contributed by atoms with Gasteiger partial charge in [0.2, 0.25) is 0 Å². The highest BCUT2D eigenvalue weighted by Crippen LogP contribution is 2.53. The van der Waals surface area contributed by atoms with Gasteiger partial charge in [0, 0.05) is 10.9 Å². The Morgan fingerprint density at radius 3 is 2.40 bits per heavy atom. The minimum atomic E-state index is -0.309. The zero-order valence-corrected chi connectivity index (χ0v) is 18.9. The van der Waals surface area contributed by atoms with Gasteiger partial charge < -0.3 is 15.4 Å². The fraction of sp³-hybridized carbons (Fsp3) is 0.500. The molecule has 0 aliphatic heterocycles. The maximum Gasteiger partial charge on any atom is 0.341 e. The molecule has 4 fully saturated rings. The summed E-state index contributed by atoms with van der Waals surface area (Å²) >= 11 is 7.25. The van der Waals surface area contributed by atoms with Crippen molar-refractivity contribution in [1.82, 2.24) is 5.32 Å². The topological polar surface area (TPSA) is 50.4 Å².